The molecular formula is C27H17ClF5N5O2. The van der Waals surface area contributed by atoms with Crippen molar-refractivity contribution in [3.05, 3.63) is 105 Å². The lowest BCUT2D eigenvalue weighted by Crippen LogP contribution is -2.26. The van der Waals surface area contributed by atoms with Gasteiger partial charge in [-0.05, 0) is 48.0 Å². The number of aromatic nitrogens is 2. The molecule has 2 aliphatic rings. The summed E-state index contributed by atoms with van der Waals surface area (Å²) in [5.41, 5.74) is -0.169. The first kappa shape index (κ1) is 25.8. The molecule has 4 aromatic rings. The third-order valence-corrected chi connectivity index (χ3v) is 7.23. The zero-order valence-electron chi connectivity index (χ0n) is 20.4. The largest absolute Gasteiger partial charge is 0.416 e. The Kier molecular flexibility index (Phi) is 5.84. The maximum atomic E-state index is 14.3. The van der Waals surface area contributed by atoms with Gasteiger partial charge in [-0.2, -0.15) is 13.2 Å². The number of nitrogens with one attached hydrogen (secondary N) is 2. The molecule has 0 radical (unpaired) electrons. The normalized spacial score (nSPS) is 15.8. The fourth-order valence-corrected chi connectivity index (χ4v) is 5.44. The fourth-order valence-electron chi connectivity index (χ4n) is 5.21. The highest BCUT2D eigenvalue weighted by Gasteiger charge is 2.40. The van der Waals surface area contributed by atoms with E-state index in [1.165, 1.54) is 6.07 Å². The van der Waals surface area contributed by atoms with Gasteiger partial charge in [-0.1, -0.05) is 11.6 Å². The monoisotopic (exact) mass is 573 g/mol. The smallest absolute Gasteiger partial charge is 0.341 e. The molecule has 1 aromatic heterocycles. The SMILES string of the molecule is CN1c2c(cc(NC(=O)c3cc(F)cc(C(F)(F)F)c3)c3c2C(=O)NC3c2cc(F)ccc2Cl)Cn2ccnc21. The number of nitrogens with zero attached hydrogens (tertiary/aromatic N) is 3. The average molecular weight is 574 g/mol. The van der Waals surface area contributed by atoms with Crippen LogP contribution in [0.3, 0.4) is 0 Å². The van der Waals surface area contributed by atoms with Gasteiger partial charge in [0.15, 0.2) is 0 Å². The van der Waals surface area contributed by atoms with E-state index in [2.05, 4.69) is 15.6 Å². The van der Waals surface area contributed by atoms with E-state index in [1.807, 2.05) is 0 Å². The second-order valence-corrected chi connectivity index (χ2v) is 9.79. The van der Waals surface area contributed by atoms with E-state index >= 15 is 0 Å². The number of benzene rings is 3. The number of imidazole rings is 1. The number of carbonyl (C=O) groups excluding carboxylic acids is 2. The summed E-state index contributed by atoms with van der Waals surface area (Å²) in [6.45, 7) is 0.266. The van der Waals surface area contributed by atoms with Gasteiger partial charge in [-0.15, -0.1) is 0 Å². The Morgan fingerprint density at radius 2 is 1.90 bits per heavy atom. The molecule has 0 aliphatic carbocycles. The van der Waals surface area contributed by atoms with E-state index in [4.69, 9.17) is 11.6 Å². The molecule has 0 spiro atoms. The van der Waals surface area contributed by atoms with Crippen molar-refractivity contribution in [3.63, 3.8) is 0 Å². The number of anilines is 3. The molecule has 2 N–H and O–H groups in total. The molecular weight excluding hydrogens is 557 g/mol. The van der Waals surface area contributed by atoms with Gasteiger partial charge < -0.3 is 20.1 Å². The number of halogens is 6. The molecule has 0 saturated carbocycles. The Hall–Kier alpha value is -4.45. The summed E-state index contributed by atoms with van der Waals surface area (Å²) in [4.78, 5) is 32.7. The van der Waals surface area contributed by atoms with Crippen molar-refractivity contribution in [1.82, 2.24) is 14.9 Å². The first-order chi connectivity index (χ1) is 18.9. The minimum Gasteiger partial charge on any atom is -0.341 e. The Morgan fingerprint density at radius 3 is 2.65 bits per heavy atom. The molecule has 0 saturated heterocycles. The quantitative estimate of drug-likeness (QED) is 0.293. The topological polar surface area (TPSA) is 79.3 Å². The number of fused-ring (bicyclic) bond motifs is 4. The molecule has 0 bridgehead atoms. The van der Waals surface area contributed by atoms with Gasteiger partial charge in [-0.3, -0.25) is 9.59 Å². The third-order valence-electron chi connectivity index (χ3n) is 6.88. The Balaban J connectivity index is 1.53. The molecule has 3 aromatic carbocycles. The van der Waals surface area contributed by atoms with Crippen LogP contribution in [0.2, 0.25) is 5.02 Å². The summed E-state index contributed by atoms with van der Waals surface area (Å²) >= 11 is 6.37. The maximum absolute atomic E-state index is 14.3. The van der Waals surface area contributed by atoms with Crippen molar-refractivity contribution in [1.29, 1.82) is 0 Å². The van der Waals surface area contributed by atoms with Gasteiger partial charge >= 0.3 is 6.18 Å². The molecule has 1 atom stereocenters. The Labute approximate surface area is 228 Å². The lowest BCUT2D eigenvalue weighted by molar-refractivity contribution is -0.137. The fraction of sp³-hybridized carbons (Fsp3) is 0.148. The van der Waals surface area contributed by atoms with Crippen LogP contribution in [0.25, 0.3) is 0 Å². The van der Waals surface area contributed by atoms with Crippen LogP contribution in [0.5, 0.6) is 0 Å². The second-order valence-electron chi connectivity index (χ2n) is 9.39. The van der Waals surface area contributed by atoms with Crippen LogP contribution >= 0.6 is 11.6 Å². The van der Waals surface area contributed by atoms with Crippen LogP contribution in [0.4, 0.5) is 39.3 Å². The average Bonchev–Trinajstić information content (AvgIpc) is 3.49. The second kappa shape index (κ2) is 9.05. The zero-order valence-corrected chi connectivity index (χ0v) is 21.2. The van der Waals surface area contributed by atoms with Crippen LogP contribution < -0.4 is 15.5 Å². The van der Waals surface area contributed by atoms with Gasteiger partial charge in [0, 0.05) is 46.8 Å². The standard InChI is InChI=1S/C27H17ClF5N5O2/c1-37-23-13(11-38-5-4-34-26(37)38)8-19(35-24(39)12-6-14(27(31,32)33)9-16(30)7-12)20-21(23)25(40)36-22(20)17-10-15(29)2-3-18(17)28/h2-10,22H,11H2,1H3,(H,35,39)(H,36,40). The number of carbonyl (C=O) groups is 2. The van der Waals surface area contributed by atoms with Crippen molar-refractivity contribution in [2.24, 2.45) is 0 Å². The van der Waals surface area contributed by atoms with Crippen LogP contribution in [0.15, 0.2) is 54.9 Å². The van der Waals surface area contributed by atoms with Crippen LogP contribution in [-0.4, -0.2) is 28.4 Å². The zero-order chi connectivity index (χ0) is 28.5. The summed E-state index contributed by atoms with van der Waals surface area (Å²) in [5.74, 6) is -2.89. The number of alkyl halides is 3. The van der Waals surface area contributed by atoms with E-state index in [-0.39, 0.29) is 40.0 Å². The molecule has 2 aliphatic heterocycles. The Morgan fingerprint density at radius 1 is 1.12 bits per heavy atom. The number of amides is 2. The highest BCUT2D eigenvalue weighted by molar-refractivity contribution is 6.31. The third kappa shape index (κ3) is 4.15. The molecule has 6 rings (SSSR count). The van der Waals surface area contributed by atoms with Crippen molar-refractivity contribution in [3.8, 4) is 0 Å². The van der Waals surface area contributed by atoms with Gasteiger partial charge in [-0.25, -0.2) is 13.8 Å². The summed E-state index contributed by atoms with van der Waals surface area (Å²) in [5, 5.41) is 5.47. The van der Waals surface area contributed by atoms with E-state index < -0.39 is 46.8 Å². The van der Waals surface area contributed by atoms with Crippen molar-refractivity contribution in [2.75, 3.05) is 17.3 Å². The van der Waals surface area contributed by atoms with Gasteiger partial charge in [0.1, 0.15) is 11.6 Å². The van der Waals surface area contributed by atoms with Crippen LogP contribution in [-0.2, 0) is 12.7 Å². The van der Waals surface area contributed by atoms with Crippen LogP contribution in [0.1, 0.15) is 49.0 Å². The molecule has 3 heterocycles. The number of hydrogen-bond donors (Lipinski definition) is 2. The van der Waals surface area contributed by atoms with E-state index in [1.54, 1.807) is 35.0 Å². The summed E-state index contributed by atoms with van der Waals surface area (Å²) < 4.78 is 70.0. The first-order valence-corrected chi connectivity index (χ1v) is 12.2. The van der Waals surface area contributed by atoms with E-state index in [0.717, 1.165) is 12.1 Å². The molecule has 0 fully saturated rings. The molecule has 2 amide bonds. The minimum absolute atomic E-state index is 0.0669. The van der Waals surface area contributed by atoms with Crippen molar-refractivity contribution in [2.45, 2.75) is 18.8 Å². The summed E-state index contributed by atoms with van der Waals surface area (Å²) in [6.07, 6.45) is -1.58. The highest BCUT2D eigenvalue weighted by Crippen LogP contribution is 2.47. The molecule has 204 valence electrons. The highest BCUT2D eigenvalue weighted by atomic mass is 35.5. The first-order valence-electron chi connectivity index (χ1n) is 11.8. The lowest BCUT2D eigenvalue weighted by atomic mass is 9.91. The summed E-state index contributed by atoms with van der Waals surface area (Å²) in [7, 11) is 1.70. The van der Waals surface area contributed by atoms with Gasteiger partial charge in [0.25, 0.3) is 11.8 Å². The van der Waals surface area contributed by atoms with Gasteiger partial charge in [0.2, 0.25) is 5.95 Å². The predicted octanol–water partition coefficient (Wildman–Crippen LogP) is 6.05. The Bertz CT molecular complexity index is 1740. The maximum Gasteiger partial charge on any atom is 0.416 e. The minimum atomic E-state index is -4.88. The molecule has 13 heteroatoms. The van der Waals surface area contributed by atoms with E-state index in [9.17, 15) is 31.5 Å². The molecule has 7 nitrogen and oxygen atoms in total. The van der Waals surface area contributed by atoms with E-state index in [0.29, 0.717) is 29.3 Å². The lowest BCUT2D eigenvalue weighted by Gasteiger charge is -2.31. The number of rotatable bonds is 3. The van der Waals surface area contributed by atoms with Crippen molar-refractivity contribution >= 4 is 40.7 Å². The molecule has 40 heavy (non-hydrogen) atoms. The predicted molar refractivity (Wildman–Crippen MR) is 136 cm³/mol. The van der Waals surface area contributed by atoms with Crippen LogP contribution in [0, 0.1) is 11.6 Å². The summed E-state index contributed by atoms with van der Waals surface area (Å²) in [6, 6.07) is 5.68. The van der Waals surface area contributed by atoms with Gasteiger partial charge in [0.05, 0.1) is 29.4 Å². The van der Waals surface area contributed by atoms with Crippen molar-refractivity contribution < 1.29 is 31.5 Å². The molecule has 1 unspecified atom stereocenters. The number of hydrogen-bond acceptors (Lipinski definition) is 4.